The Labute approximate surface area is 176 Å². The summed E-state index contributed by atoms with van der Waals surface area (Å²) in [5.74, 6) is 0.357. The number of sulfonamides is 1. The van der Waals surface area contributed by atoms with E-state index in [1.807, 2.05) is 0 Å². The molecule has 1 heterocycles. The molecule has 1 aromatic carbocycles. The van der Waals surface area contributed by atoms with Crippen molar-refractivity contribution in [1.82, 2.24) is 10.2 Å². The lowest BCUT2D eigenvalue weighted by atomic mass is 10.2. The summed E-state index contributed by atoms with van der Waals surface area (Å²) in [7, 11) is -3.78. The van der Waals surface area contributed by atoms with Crippen LogP contribution in [0.3, 0.4) is 0 Å². The summed E-state index contributed by atoms with van der Waals surface area (Å²) in [5, 5.41) is 11.4. The van der Waals surface area contributed by atoms with Gasteiger partial charge in [-0.25, -0.2) is 8.42 Å². The number of amides is 1. The summed E-state index contributed by atoms with van der Waals surface area (Å²) >= 11 is 14.7. The lowest BCUT2D eigenvalue weighted by Gasteiger charge is -2.28. The summed E-state index contributed by atoms with van der Waals surface area (Å²) in [5.41, 5.74) is 0.203. The molecule has 27 heavy (non-hydrogen) atoms. The fourth-order valence-electron chi connectivity index (χ4n) is 2.19. The number of anilines is 2. The van der Waals surface area contributed by atoms with E-state index >= 15 is 0 Å². The smallest absolute Gasteiger partial charge is 0.249 e. The number of halogens is 2. The minimum Gasteiger partial charge on any atom is -0.299 e. The molecular formula is C15H18Cl2N4O3S3. The first-order chi connectivity index (χ1) is 12.6. The average Bonchev–Trinajstić information content (AvgIpc) is 2.98. The van der Waals surface area contributed by atoms with Gasteiger partial charge in [0.1, 0.15) is 6.04 Å². The van der Waals surface area contributed by atoms with Gasteiger partial charge in [0.05, 0.1) is 11.9 Å². The van der Waals surface area contributed by atoms with Crippen molar-refractivity contribution < 1.29 is 13.2 Å². The molecule has 2 rings (SSSR count). The Balaban J connectivity index is 2.23. The highest BCUT2D eigenvalue weighted by Crippen LogP contribution is 2.30. The number of thioether (sulfide) groups is 1. The number of carbonyl (C=O) groups excluding carboxylic acids is 1. The number of carbonyl (C=O) groups is 1. The number of nitrogens with one attached hydrogen (secondary N) is 1. The quantitative estimate of drug-likeness (QED) is 0.462. The summed E-state index contributed by atoms with van der Waals surface area (Å²) in [6.45, 7) is 3.53. The molecule has 2 aromatic rings. The van der Waals surface area contributed by atoms with Crippen LogP contribution in [0.15, 0.2) is 22.5 Å². The Morgan fingerprint density at radius 2 is 1.93 bits per heavy atom. The van der Waals surface area contributed by atoms with Gasteiger partial charge < -0.3 is 0 Å². The van der Waals surface area contributed by atoms with Crippen molar-refractivity contribution in [3.63, 3.8) is 0 Å². The first kappa shape index (κ1) is 22.2. The van der Waals surface area contributed by atoms with Gasteiger partial charge in [-0.2, -0.15) is 0 Å². The molecule has 1 atom stereocenters. The third kappa shape index (κ3) is 6.21. The first-order valence-corrected chi connectivity index (χ1v) is 12.2. The van der Waals surface area contributed by atoms with Gasteiger partial charge in [0.2, 0.25) is 21.1 Å². The number of nitrogens with zero attached hydrogens (tertiary/aromatic N) is 3. The molecule has 0 radical (unpaired) electrons. The van der Waals surface area contributed by atoms with E-state index in [0.717, 1.165) is 27.1 Å². The zero-order valence-electron chi connectivity index (χ0n) is 14.8. The molecule has 0 aliphatic heterocycles. The minimum atomic E-state index is -3.78. The number of hydrogen-bond acceptors (Lipinski definition) is 7. The van der Waals surface area contributed by atoms with Crippen molar-refractivity contribution in [3.05, 3.63) is 28.2 Å². The molecular weight excluding hydrogens is 451 g/mol. The highest BCUT2D eigenvalue weighted by molar-refractivity contribution is 8.01. The Morgan fingerprint density at radius 3 is 2.48 bits per heavy atom. The molecule has 0 bridgehead atoms. The average molecular weight is 469 g/mol. The van der Waals surface area contributed by atoms with Crippen LogP contribution in [0.2, 0.25) is 10.0 Å². The Morgan fingerprint density at radius 1 is 1.30 bits per heavy atom. The van der Waals surface area contributed by atoms with Crippen molar-refractivity contribution in [2.75, 3.05) is 21.6 Å². The van der Waals surface area contributed by atoms with Crippen molar-refractivity contribution in [2.24, 2.45) is 0 Å². The molecule has 12 heteroatoms. The SMILES string of the molecule is CCCSc1nnc(NC(=O)C(C)N(c2cc(Cl)cc(Cl)c2)S(C)(=O)=O)s1. The standard InChI is InChI=1S/C15H18Cl2N4O3S3/c1-4-5-25-15-20-19-14(26-15)18-13(22)9(2)21(27(3,23)24)12-7-10(16)6-11(17)8-12/h6-9H,4-5H2,1-3H3,(H,18,19,22). The van der Waals surface area contributed by atoms with Crippen LogP contribution in [0.25, 0.3) is 0 Å². The second kappa shape index (κ2) is 9.42. The highest BCUT2D eigenvalue weighted by atomic mass is 35.5. The van der Waals surface area contributed by atoms with E-state index in [1.165, 1.54) is 36.5 Å². The van der Waals surface area contributed by atoms with Gasteiger partial charge in [-0.3, -0.25) is 14.4 Å². The highest BCUT2D eigenvalue weighted by Gasteiger charge is 2.30. The number of benzene rings is 1. The van der Waals surface area contributed by atoms with Crippen molar-refractivity contribution >= 4 is 73.0 Å². The van der Waals surface area contributed by atoms with Gasteiger partial charge in [-0.05, 0) is 31.5 Å². The monoisotopic (exact) mass is 468 g/mol. The van der Waals surface area contributed by atoms with Crippen molar-refractivity contribution in [3.8, 4) is 0 Å². The molecule has 148 valence electrons. The number of hydrogen-bond donors (Lipinski definition) is 1. The third-order valence-electron chi connectivity index (χ3n) is 3.26. The summed E-state index contributed by atoms with van der Waals surface area (Å²) in [6, 6.07) is 3.30. The van der Waals surface area contributed by atoms with Crippen LogP contribution >= 0.6 is 46.3 Å². The van der Waals surface area contributed by atoms with Crippen LogP contribution in [0.5, 0.6) is 0 Å². The molecule has 1 aromatic heterocycles. The maximum atomic E-state index is 12.6. The molecule has 1 amide bonds. The van der Waals surface area contributed by atoms with E-state index < -0.39 is 22.0 Å². The maximum Gasteiger partial charge on any atom is 0.249 e. The van der Waals surface area contributed by atoms with Crippen LogP contribution in [-0.4, -0.2) is 42.6 Å². The molecule has 1 N–H and O–H groups in total. The van der Waals surface area contributed by atoms with E-state index in [9.17, 15) is 13.2 Å². The van der Waals surface area contributed by atoms with E-state index in [0.29, 0.717) is 5.13 Å². The predicted octanol–water partition coefficient (Wildman–Crippen LogP) is 4.14. The van der Waals surface area contributed by atoms with E-state index in [4.69, 9.17) is 23.2 Å². The second-order valence-electron chi connectivity index (χ2n) is 5.57. The number of aromatic nitrogens is 2. The van der Waals surface area contributed by atoms with E-state index in [-0.39, 0.29) is 15.7 Å². The molecule has 0 aliphatic rings. The Hall–Kier alpha value is -1.07. The molecule has 0 saturated carbocycles. The van der Waals surface area contributed by atoms with Gasteiger partial charge in [0.25, 0.3) is 0 Å². The predicted molar refractivity (Wildman–Crippen MR) is 113 cm³/mol. The summed E-state index contributed by atoms with van der Waals surface area (Å²) in [4.78, 5) is 12.6. The molecule has 0 aliphatic carbocycles. The van der Waals surface area contributed by atoms with Crippen molar-refractivity contribution in [2.45, 2.75) is 30.6 Å². The van der Waals surface area contributed by atoms with Gasteiger partial charge in [-0.15, -0.1) is 10.2 Å². The molecule has 7 nitrogen and oxygen atoms in total. The number of rotatable bonds is 8. The van der Waals surface area contributed by atoms with Gasteiger partial charge in [-0.1, -0.05) is 53.2 Å². The molecule has 0 spiro atoms. The second-order valence-corrected chi connectivity index (χ2v) is 10.6. The minimum absolute atomic E-state index is 0.203. The topological polar surface area (TPSA) is 92.3 Å². The summed E-state index contributed by atoms with van der Waals surface area (Å²) < 4.78 is 26.3. The van der Waals surface area contributed by atoms with Crippen molar-refractivity contribution in [1.29, 1.82) is 0 Å². The van der Waals surface area contributed by atoms with E-state index in [2.05, 4.69) is 22.4 Å². The zero-order valence-corrected chi connectivity index (χ0v) is 18.7. The van der Waals surface area contributed by atoms with Crippen LogP contribution in [0, 0.1) is 0 Å². The molecule has 0 fully saturated rings. The largest absolute Gasteiger partial charge is 0.299 e. The lowest BCUT2D eigenvalue weighted by molar-refractivity contribution is -0.116. The fourth-order valence-corrected chi connectivity index (χ4v) is 5.55. The maximum absolute atomic E-state index is 12.6. The molecule has 0 saturated heterocycles. The first-order valence-electron chi connectivity index (χ1n) is 7.84. The van der Waals surface area contributed by atoms with Gasteiger partial charge >= 0.3 is 0 Å². The van der Waals surface area contributed by atoms with Crippen LogP contribution < -0.4 is 9.62 Å². The molecule has 1 unspecified atom stereocenters. The Kier molecular flexibility index (Phi) is 7.75. The zero-order chi connectivity index (χ0) is 20.2. The third-order valence-corrected chi connectivity index (χ3v) is 7.11. The Bertz CT molecular complexity index is 901. The van der Waals surface area contributed by atoms with Crippen LogP contribution in [0.1, 0.15) is 20.3 Å². The summed E-state index contributed by atoms with van der Waals surface area (Å²) in [6.07, 6.45) is 2.00. The lowest BCUT2D eigenvalue weighted by Crippen LogP contribution is -2.45. The van der Waals surface area contributed by atoms with E-state index in [1.54, 1.807) is 11.8 Å². The van der Waals surface area contributed by atoms with Crippen LogP contribution in [0.4, 0.5) is 10.8 Å². The normalized spacial score (nSPS) is 12.6. The van der Waals surface area contributed by atoms with Gasteiger partial charge in [0.15, 0.2) is 4.34 Å². The fraction of sp³-hybridized carbons (Fsp3) is 0.400. The van der Waals surface area contributed by atoms with Gasteiger partial charge in [0, 0.05) is 15.8 Å². The van der Waals surface area contributed by atoms with Crippen LogP contribution in [-0.2, 0) is 14.8 Å².